The van der Waals surface area contributed by atoms with E-state index in [1.54, 1.807) is 14.2 Å². The molecule has 1 aromatic rings. The molecular weight excluding hydrogens is 336 g/mol. The standard InChI is InChI=1S/C18H30N4O4/c1-7-25-15-12-13(8-9-14(15)24-6)22-16(19-5)20-10-11-21-17(23)26-18(2,3)4/h8-9,12H,7,10-11H2,1-6H3,(H,21,23)(H2,19,20,22). The van der Waals surface area contributed by atoms with Gasteiger partial charge in [-0.15, -0.1) is 0 Å². The minimum atomic E-state index is -0.512. The van der Waals surface area contributed by atoms with Crippen LogP contribution in [-0.4, -0.2) is 51.5 Å². The predicted octanol–water partition coefficient (Wildman–Crippen LogP) is 2.61. The third kappa shape index (κ3) is 7.96. The fourth-order valence-electron chi connectivity index (χ4n) is 2.00. The van der Waals surface area contributed by atoms with Gasteiger partial charge >= 0.3 is 6.09 Å². The Labute approximate surface area is 155 Å². The molecule has 1 amide bonds. The number of carbonyl (C=O) groups excluding carboxylic acids is 1. The van der Waals surface area contributed by atoms with Crippen molar-refractivity contribution >= 4 is 17.7 Å². The molecule has 0 bridgehead atoms. The third-order valence-electron chi connectivity index (χ3n) is 3.04. The summed E-state index contributed by atoms with van der Waals surface area (Å²) >= 11 is 0. The Bertz CT molecular complexity index is 612. The normalized spacial score (nSPS) is 11.5. The predicted molar refractivity (Wildman–Crippen MR) is 103 cm³/mol. The first-order valence-corrected chi connectivity index (χ1v) is 8.54. The molecule has 8 nitrogen and oxygen atoms in total. The molecule has 26 heavy (non-hydrogen) atoms. The number of guanidine groups is 1. The van der Waals surface area contributed by atoms with Crippen LogP contribution in [-0.2, 0) is 4.74 Å². The first-order valence-electron chi connectivity index (χ1n) is 8.54. The summed E-state index contributed by atoms with van der Waals surface area (Å²) in [5.74, 6) is 1.90. The van der Waals surface area contributed by atoms with Crippen LogP contribution in [0.15, 0.2) is 23.2 Å². The maximum Gasteiger partial charge on any atom is 0.407 e. The summed E-state index contributed by atoms with van der Waals surface area (Å²) < 4.78 is 16.0. The molecule has 0 fully saturated rings. The summed E-state index contributed by atoms with van der Waals surface area (Å²) in [7, 11) is 3.27. The van der Waals surface area contributed by atoms with Crippen LogP contribution in [0.25, 0.3) is 0 Å². The number of nitrogens with one attached hydrogen (secondary N) is 3. The van der Waals surface area contributed by atoms with Crippen LogP contribution in [0.4, 0.5) is 10.5 Å². The SMILES string of the molecule is CCOc1cc(NC(=NC)NCCNC(=O)OC(C)(C)C)ccc1OC. The van der Waals surface area contributed by atoms with Crippen molar-refractivity contribution in [2.75, 3.05) is 39.2 Å². The number of hydrogen-bond donors (Lipinski definition) is 3. The number of ether oxygens (including phenoxy) is 3. The summed E-state index contributed by atoms with van der Waals surface area (Å²) in [6, 6.07) is 5.53. The van der Waals surface area contributed by atoms with Gasteiger partial charge in [-0.05, 0) is 39.8 Å². The smallest absolute Gasteiger partial charge is 0.407 e. The minimum Gasteiger partial charge on any atom is -0.493 e. The van der Waals surface area contributed by atoms with Crippen molar-refractivity contribution < 1.29 is 19.0 Å². The van der Waals surface area contributed by atoms with E-state index in [9.17, 15) is 4.79 Å². The molecule has 0 aliphatic heterocycles. The molecule has 0 aliphatic rings. The number of aliphatic imine (C=N–C) groups is 1. The number of anilines is 1. The van der Waals surface area contributed by atoms with Gasteiger partial charge in [0.1, 0.15) is 5.60 Å². The number of carbonyl (C=O) groups is 1. The van der Waals surface area contributed by atoms with Crippen LogP contribution in [0.1, 0.15) is 27.7 Å². The van der Waals surface area contributed by atoms with Crippen molar-refractivity contribution in [3.8, 4) is 11.5 Å². The van der Waals surface area contributed by atoms with Gasteiger partial charge in [0.25, 0.3) is 0 Å². The highest BCUT2D eigenvalue weighted by molar-refractivity contribution is 5.93. The highest BCUT2D eigenvalue weighted by Gasteiger charge is 2.15. The Morgan fingerprint density at radius 3 is 2.42 bits per heavy atom. The van der Waals surface area contributed by atoms with Gasteiger partial charge in [0.05, 0.1) is 13.7 Å². The largest absolute Gasteiger partial charge is 0.493 e. The average molecular weight is 366 g/mol. The van der Waals surface area contributed by atoms with E-state index < -0.39 is 11.7 Å². The second-order valence-electron chi connectivity index (χ2n) is 6.35. The highest BCUT2D eigenvalue weighted by atomic mass is 16.6. The number of hydrogen-bond acceptors (Lipinski definition) is 5. The molecule has 0 spiro atoms. The fourth-order valence-corrected chi connectivity index (χ4v) is 2.00. The van der Waals surface area contributed by atoms with Crippen LogP contribution in [0.5, 0.6) is 11.5 Å². The first kappa shape index (κ1) is 21.4. The second-order valence-corrected chi connectivity index (χ2v) is 6.35. The van der Waals surface area contributed by atoms with Crippen LogP contribution in [0.3, 0.4) is 0 Å². The van der Waals surface area contributed by atoms with Crippen molar-refractivity contribution in [3.63, 3.8) is 0 Å². The van der Waals surface area contributed by atoms with E-state index in [4.69, 9.17) is 14.2 Å². The molecule has 0 heterocycles. The van der Waals surface area contributed by atoms with Crippen molar-refractivity contribution in [2.24, 2.45) is 4.99 Å². The van der Waals surface area contributed by atoms with Crippen molar-refractivity contribution in [1.29, 1.82) is 0 Å². The molecule has 1 aromatic carbocycles. The zero-order valence-electron chi connectivity index (χ0n) is 16.4. The van der Waals surface area contributed by atoms with Gasteiger partial charge < -0.3 is 30.2 Å². The lowest BCUT2D eigenvalue weighted by atomic mass is 10.2. The van der Waals surface area contributed by atoms with Crippen molar-refractivity contribution in [1.82, 2.24) is 10.6 Å². The molecule has 0 aliphatic carbocycles. The maximum absolute atomic E-state index is 11.6. The number of rotatable bonds is 7. The van der Waals surface area contributed by atoms with Crippen LogP contribution >= 0.6 is 0 Å². The lowest BCUT2D eigenvalue weighted by molar-refractivity contribution is 0.0529. The van der Waals surface area contributed by atoms with Gasteiger partial charge in [-0.25, -0.2) is 4.79 Å². The summed E-state index contributed by atoms with van der Waals surface area (Å²) in [4.78, 5) is 15.7. The molecular formula is C18H30N4O4. The zero-order chi connectivity index (χ0) is 19.6. The minimum absolute atomic E-state index is 0.405. The number of benzene rings is 1. The molecule has 0 saturated heterocycles. The zero-order valence-corrected chi connectivity index (χ0v) is 16.4. The molecule has 8 heteroatoms. The van der Waals surface area contributed by atoms with Crippen LogP contribution in [0.2, 0.25) is 0 Å². The Morgan fingerprint density at radius 2 is 1.85 bits per heavy atom. The Kier molecular flexibility index (Phi) is 8.54. The third-order valence-corrected chi connectivity index (χ3v) is 3.04. The van der Waals surface area contributed by atoms with Gasteiger partial charge in [-0.1, -0.05) is 0 Å². The number of methoxy groups -OCH3 is 1. The Hall–Kier alpha value is -2.64. The molecule has 0 unspecified atom stereocenters. The molecule has 3 N–H and O–H groups in total. The molecule has 0 saturated carbocycles. The summed E-state index contributed by atoms with van der Waals surface area (Å²) in [5.41, 5.74) is 0.296. The summed E-state index contributed by atoms with van der Waals surface area (Å²) in [5, 5.41) is 8.96. The van der Waals surface area contributed by atoms with Crippen molar-refractivity contribution in [2.45, 2.75) is 33.3 Å². The van der Waals surface area contributed by atoms with Gasteiger partial charge in [0.15, 0.2) is 17.5 Å². The van der Waals surface area contributed by atoms with Gasteiger partial charge in [-0.3, -0.25) is 4.99 Å². The summed E-state index contributed by atoms with van der Waals surface area (Å²) in [6.07, 6.45) is -0.446. The van der Waals surface area contributed by atoms with Gasteiger partial charge in [-0.2, -0.15) is 0 Å². The molecule has 146 valence electrons. The highest BCUT2D eigenvalue weighted by Crippen LogP contribution is 2.30. The molecule has 0 aromatic heterocycles. The Balaban J connectivity index is 2.50. The lowest BCUT2D eigenvalue weighted by Gasteiger charge is -2.20. The monoisotopic (exact) mass is 366 g/mol. The lowest BCUT2D eigenvalue weighted by Crippen LogP contribution is -2.39. The second kappa shape index (κ2) is 10.4. The van der Waals surface area contributed by atoms with E-state index in [0.29, 0.717) is 37.2 Å². The topological polar surface area (TPSA) is 93.2 Å². The van der Waals surface area contributed by atoms with Gasteiger partial charge in [0, 0.05) is 31.9 Å². The van der Waals surface area contributed by atoms with Crippen LogP contribution < -0.4 is 25.4 Å². The molecule has 0 atom stereocenters. The van der Waals surface area contributed by atoms with E-state index in [1.807, 2.05) is 45.9 Å². The number of alkyl carbamates (subject to hydrolysis) is 1. The average Bonchev–Trinajstić information content (AvgIpc) is 2.56. The maximum atomic E-state index is 11.6. The van der Waals surface area contributed by atoms with E-state index in [1.165, 1.54) is 0 Å². The van der Waals surface area contributed by atoms with E-state index >= 15 is 0 Å². The van der Waals surface area contributed by atoms with E-state index in [-0.39, 0.29) is 0 Å². The van der Waals surface area contributed by atoms with Gasteiger partial charge in [0.2, 0.25) is 0 Å². The fraction of sp³-hybridized carbons (Fsp3) is 0.556. The molecule has 1 rings (SSSR count). The quantitative estimate of drug-likeness (QED) is 0.390. The van der Waals surface area contributed by atoms with Crippen LogP contribution in [0, 0.1) is 0 Å². The van der Waals surface area contributed by atoms with Crippen molar-refractivity contribution in [3.05, 3.63) is 18.2 Å². The first-order chi connectivity index (χ1) is 12.3. The van der Waals surface area contributed by atoms with E-state index in [2.05, 4.69) is 20.9 Å². The Morgan fingerprint density at radius 1 is 1.15 bits per heavy atom. The number of amides is 1. The summed E-state index contributed by atoms with van der Waals surface area (Å²) in [6.45, 7) is 8.82. The van der Waals surface area contributed by atoms with E-state index in [0.717, 1.165) is 5.69 Å². The number of nitrogens with zero attached hydrogens (tertiary/aromatic N) is 1. The molecule has 0 radical (unpaired) electrons.